The summed E-state index contributed by atoms with van der Waals surface area (Å²) in [6, 6.07) is 0. The minimum absolute atomic E-state index is 0.0245. The van der Waals surface area contributed by atoms with Crippen molar-refractivity contribution in [3.8, 4) is 0 Å². The highest BCUT2D eigenvalue weighted by Gasteiger charge is 1.95. The third kappa shape index (κ3) is 13.5. The Morgan fingerprint density at radius 1 is 1.00 bits per heavy atom. The molecule has 0 aromatic carbocycles. The van der Waals surface area contributed by atoms with Crippen LogP contribution in [0.4, 0.5) is 0 Å². The third-order valence-electron chi connectivity index (χ3n) is 3.29. The molecule has 0 aromatic heterocycles. The lowest BCUT2D eigenvalue weighted by atomic mass is 10.1. The molecule has 0 bridgehead atoms. The standard InChI is InChI=1S/C20H30O3/c1-16(2)8-5-9-17(3)10-6-12-19(15-21)13-7-11-18(4)14-20(22)23/h7-8,10-11,13-14,21H,5-6,9,12,15H2,1-4H3,(H,22,23)/b11-7+,17-10+,18-14+,19-13+. The molecule has 23 heavy (non-hydrogen) atoms. The molecule has 0 heterocycles. The number of aliphatic hydroxyl groups excluding tert-OH is 1. The first-order chi connectivity index (χ1) is 10.8. The molecule has 0 amide bonds. The zero-order valence-electron chi connectivity index (χ0n) is 14.8. The lowest BCUT2D eigenvalue weighted by Crippen LogP contribution is -1.90. The van der Waals surface area contributed by atoms with E-state index in [2.05, 4.69) is 32.9 Å². The number of aliphatic carboxylic acids is 1. The van der Waals surface area contributed by atoms with Gasteiger partial charge in [-0.15, -0.1) is 0 Å². The number of hydrogen-bond acceptors (Lipinski definition) is 2. The Morgan fingerprint density at radius 3 is 2.22 bits per heavy atom. The molecule has 0 fully saturated rings. The molecular formula is C20H30O3. The lowest BCUT2D eigenvalue weighted by molar-refractivity contribution is -0.131. The second kappa shape index (κ2) is 12.7. The molecule has 0 unspecified atom stereocenters. The van der Waals surface area contributed by atoms with Gasteiger partial charge in [0.2, 0.25) is 0 Å². The molecule has 0 saturated carbocycles. The maximum absolute atomic E-state index is 10.5. The van der Waals surface area contributed by atoms with Crippen LogP contribution in [0.15, 0.2) is 58.7 Å². The number of rotatable bonds is 10. The summed E-state index contributed by atoms with van der Waals surface area (Å²) in [5.41, 5.74) is 4.33. The van der Waals surface area contributed by atoms with Gasteiger partial charge in [-0.25, -0.2) is 4.79 Å². The van der Waals surface area contributed by atoms with Crippen molar-refractivity contribution in [1.82, 2.24) is 0 Å². The molecule has 0 aliphatic heterocycles. The average molecular weight is 318 g/mol. The number of aliphatic hydroxyl groups is 1. The van der Waals surface area contributed by atoms with Gasteiger partial charge in [0.15, 0.2) is 0 Å². The third-order valence-corrected chi connectivity index (χ3v) is 3.29. The Bertz CT molecular complexity index is 513. The van der Waals surface area contributed by atoms with Crippen LogP contribution in [-0.2, 0) is 4.79 Å². The van der Waals surface area contributed by atoms with Crippen LogP contribution >= 0.6 is 0 Å². The van der Waals surface area contributed by atoms with Crippen LogP contribution in [-0.4, -0.2) is 22.8 Å². The second-order valence-corrected chi connectivity index (χ2v) is 5.98. The van der Waals surface area contributed by atoms with Crippen molar-refractivity contribution in [2.45, 2.75) is 53.4 Å². The van der Waals surface area contributed by atoms with E-state index in [4.69, 9.17) is 5.11 Å². The largest absolute Gasteiger partial charge is 0.478 e. The van der Waals surface area contributed by atoms with Crippen LogP contribution in [0, 0.1) is 0 Å². The normalized spacial score (nSPS) is 13.5. The quantitative estimate of drug-likeness (QED) is 0.340. The molecule has 0 spiro atoms. The van der Waals surface area contributed by atoms with Gasteiger partial charge in [0.1, 0.15) is 0 Å². The van der Waals surface area contributed by atoms with E-state index >= 15 is 0 Å². The van der Waals surface area contributed by atoms with E-state index in [9.17, 15) is 9.90 Å². The van der Waals surface area contributed by atoms with Crippen LogP contribution in [0.5, 0.6) is 0 Å². The highest BCUT2D eigenvalue weighted by molar-refractivity contribution is 5.81. The summed E-state index contributed by atoms with van der Waals surface area (Å²) in [5.74, 6) is -0.952. The SMILES string of the molecule is CC(C)=CCC/C(C)=C/CC\C(=C/C=C/C(C)=C/C(=O)O)CO. The van der Waals surface area contributed by atoms with E-state index < -0.39 is 5.97 Å². The van der Waals surface area contributed by atoms with E-state index in [-0.39, 0.29) is 6.61 Å². The van der Waals surface area contributed by atoms with Gasteiger partial charge in [0.05, 0.1) is 6.61 Å². The van der Waals surface area contributed by atoms with Crippen molar-refractivity contribution >= 4 is 5.97 Å². The maximum Gasteiger partial charge on any atom is 0.328 e. The summed E-state index contributed by atoms with van der Waals surface area (Å²) in [7, 11) is 0. The fourth-order valence-electron chi connectivity index (χ4n) is 1.99. The molecule has 2 N–H and O–H groups in total. The fourth-order valence-corrected chi connectivity index (χ4v) is 1.99. The average Bonchev–Trinajstić information content (AvgIpc) is 2.44. The van der Waals surface area contributed by atoms with E-state index in [0.29, 0.717) is 5.57 Å². The predicted molar refractivity (Wildman–Crippen MR) is 97.4 cm³/mol. The van der Waals surface area contributed by atoms with Gasteiger partial charge in [0, 0.05) is 6.08 Å². The Labute approximate surface area is 140 Å². The van der Waals surface area contributed by atoms with E-state index in [1.54, 1.807) is 19.1 Å². The molecule has 0 saturated heterocycles. The van der Waals surface area contributed by atoms with Crippen molar-refractivity contribution in [2.75, 3.05) is 6.61 Å². The monoisotopic (exact) mass is 318 g/mol. The molecule has 0 aliphatic rings. The molecular weight excluding hydrogens is 288 g/mol. The Hall–Kier alpha value is -1.87. The zero-order valence-corrected chi connectivity index (χ0v) is 14.8. The molecule has 3 heteroatoms. The topological polar surface area (TPSA) is 57.5 Å². The van der Waals surface area contributed by atoms with Crippen molar-refractivity contribution in [3.63, 3.8) is 0 Å². The smallest absolute Gasteiger partial charge is 0.328 e. The molecule has 0 rings (SSSR count). The molecule has 128 valence electrons. The molecule has 0 atom stereocenters. The summed E-state index contributed by atoms with van der Waals surface area (Å²) in [4.78, 5) is 10.5. The van der Waals surface area contributed by atoms with Crippen LogP contribution in [0.2, 0.25) is 0 Å². The highest BCUT2D eigenvalue weighted by atomic mass is 16.4. The highest BCUT2D eigenvalue weighted by Crippen LogP contribution is 2.11. The van der Waals surface area contributed by atoms with Crippen LogP contribution < -0.4 is 0 Å². The molecule has 0 radical (unpaired) electrons. The van der Waals surface area contributed by atoms with Gasteiger partial charge in [0.25, 0.3) is 0 Å². The number of carbonyl (C=O) groups is 1. The van der Waals surface area contributed by atoms with E-state index in [1.165, 1.54) is 11.1 Å². The van der Waals surface area contributed by atoms with Gasteiger partial charge in [-0.3, -0.25) is 0 Å². The van der Waals surface area contributed by atoms with Crippen LogP contribution in [0.25, 0.3) is 0 Å². The summed E-state index contributed by atoms with van der Waals surface area (Å²) in [6.45, 7) is 8.12. The molecule has 0 aliphatic carbocycles. The number of hydrogen-bond donors (Lipinski definition) is 2. The number of carboxylic acids is 1. The Morgan fingerprint density at radius 2 is 1.65 bits per heavy atom. The molecule has 3 nitrogen and oxygen atoms in total. The number of carboxylic acid groups (broad SMARTS) is 1. The van der Waals surface area contributed by atoms with E-state index in [0.717, 1.165) is 37.3 Å². The Kier molecular flexibility index (Phi) is 11.6. The molecule has 0 aromatic rings. The first-order valence-corrected chi connectivity index (χ1v) is 8.02. The first-order valence-electron chi connectivity index (χ1n) is 8.02. The van der Waals surface area contributed by atoms with Crippen LogP contribution in [0.3, 0.4) is 0 Å². The minimum atomic E-state index is -0.952. The van der Waals surface area contributed by atoms with Crippen molar-refractivity contribution in [2.24, 2.45) is 0 Å². The Balaban J connectivity index is 4.38. The van der Waals surface area contributed by atoms with Gasteiger partial charge >= 0.3 is 5.97 Å². The van der Waals surface area contributed by atoms with Gasteiger partial charge < -0.3 is 10.2 Å². The summed E-state index contributed by atoms with van der Waals surface area (Å²) >= 11 is 0. The minimum Gasteiger partial charge on any atom is -0.478 e. The van der Waals surface area contributed by atoms with Crippen molar-refractivity contribution < 1.29 is 15.0 Å². The second-order valence-electron chi connectivity index (χ2n) is 5.98. The van der Waals surface area contributed by atoms with Gasteiger partial charge in [-0.2, -0.15) is 0 Å². The van der Waals surface area contributed by atoms with Gasteiger partial charge in [-0.05, 0) is 64.5 Å². The van der Waals surface area contributed by atoms with E-state index in [1.807, 2.05) is 6.08 Å². The van der Waals surface area contributed by atoms with Crippen molar-refractivity contribution in [1.29, 1.82) is 0 Å². The maximum atomic E-state index is 10.5. The number of allylic oxidation sites excluding steroid dienone is 8. The first kappa shape index (κ1) is 21.1. The lowest BCUT2D eigenvalue weighted by Gasteiger charge is -2.02. The van der Waals surface area contributed by atoms with Crippen LogP contribution in [0.1, 0.15) is 53.4 Å². The summed E-state index contributed by atoms with van der Waals surface area (Å²) < 4.78 is 0. The summed E-state index contributed by atoms with van der Waals surface area (Å²) in [5, 5.41) is 18.0. The summed E-state index contributed by atoms with van der Waals surface area (Å²) in [6.07, 6.45) is 14.8. The fraction of sp³-hybridized carbons (Fsp3) is 0.450. The van der Waals surface area contributed by atoms with Gasteiger partial charge in [-0.1, -0.05) is 41.5 Å². The predicted octanol–water partition coefficient (Wildman–Crippen LogP) is 4.97. The zero-order chi connectivity index (χ0) is 17.7. The van der Waals surface area contributed by atoms with Crippen molar-refractivity contribution in [3.05, 3.63) is 58.7 Å².